The van der Waals surface area contributed by atoms with E-state index in [1.165, 1.54) is 12.4 Å². The fraction of sp³-hybridized carbons (Fsp3) is 0.211. The Balaban J connectivity index is 1.94. The first-order valence-electron chi connectivity index (χ1n) is 7.86. The Kier molecular flexibility index (Phi) is 5.25. The molecule has 1 unspecified atom stereocenters. The highest BCUT2D eigenvalue weighted by molar-refractivity contribution is 9.10. The Morgan fingerprint density at radius 3 is 2.56 bits per heavy atom. The first-order chi connectivity index (χ1) is 12.1. The van der Waals surface area contributed by atoms with Crippen molar-refractivity contribution in [3.05, 3.63) is 82.6 Å². The van der Waals surface area contributed by atoms with Gasteiger partial charge in [0.1, 0.15) is 23.9 Å². The zero-order valence-corrected chi connectivity index (χ0v) is 15.0. The largest absolute Gasteiger partial charge is 0.251 e. The summed E-state index contributed by atoms with van der Waals surface area (Å²) < 4.78 is 17.1. The average molecular weight is 399 g/mol. The second-order valence-electron chi connectivity index (χ2n) is 5.89. The van der Waals surface area contributed by atoms with Gasteiger partial charge >= 0.3 is 0 Å². The molecule has 0 aliphatic carbocycles. The van der Waals surface area contributed by atoms with Crippen molar-refractivity contribution in [1.29, 1.82) is 5.26 Å². The number of aromatic nitrogens is 3. The molecule has 0 aliphatic heterocycles. The van der Waals surface area contributed by atoms with E-state index in [-0.39, 0.29) is 12.4 Å². The summed E-state index contributed by atoms with van der Waals surface area (Å²) in [6.45, 7) is 0.251. The molecule has 0 amide bonds. The molecule has 3 rings (SSSR count). The minimum atomic E-state index is -1.02. The van der Waals surface area contributed by atoms with Crippen LogP contribution >= 0.6 is 15.9 Å². The summed E-state index contributed by atoms with van der Waals surface area (Å²) in [7, 11) is 0. The molecular formula is C19H16BrFN4. The van der Waals surface area contributed by atoms with E-state index in [2.05, 4.69) is 32.1 Å². The van der Waals surface area contributed by atoms with Crippen LogP contribution < -0.4 is 0 Å². The molecule has 1 aromatic heterocycles. The molecular weight excluding hydrogens is 383 g/mol. The van der Waals surface area contributed by atoms with E-state index in [1.54, 1.807) is 29.2 Å². The molecule has 2 aromatic carbocycles. The molecule has 25 heavy (non-hydrogen) atoms. The second kappa shape index (κ2) is 7.58. The SMILES string of the molecule is N#CC(CCc1ccc(Br)cc1)(Cn1cncn1)c1ccccc1F. The van der Waals surface area contributed by atoms with Crippen LogP contribution in [0.2, 0.25) is 0 Å². The third-order valence-corrected chi connectivity index (χ3v) is 4.78. The van der Waals surface area contributed by atoms with Gasteiger partial charge in [0.25, 0.3) is 0 Å². The highest BCUT2D eigenvalue weighted by atomic mass is 79.9. The number of aryl methyl sites for hydroxylation is 1. The predicted molar refractivity (Wildman–Crippen MR) is 96.2 cm³/mol. The number of hydrogen-bond acceptors (Lipinski definition) is 3. The molecule has 0 spiro atoms. The summed E-state index contributed by atoms with van der Waals surface area (Å²) in [6.07, 6.45) is 4.10. The van der Waals surface area contributed by atoms with E-state index in [1.807, 2.05) is 24.3 Å². The lowest BCUT2D eigenvalue weighted by Gasteiger charge is -2.27. The van der Waals surface area contributed by atoms with Crippen molar-refractivity contribution in [2.75, 3.05) is 0 Å². The van der Waals surface area contributed by atoms with Crippen molar-refractivity contribution in [3.63, 3.8) is 0 Å². The van der Waals surface area contributed by atoms with E-state index in [0.29, 0.717) is 18.4 Å². The van der Waals surface area contributed by atoms with Gasteiger partial charge in [-0.05, 0) is 36.6 Å². The van der Waals surface area contributed by atoms with E-state index in [9.17, 15) is 9.65 Å². The Bertz CT molecular complexity index is 871. The van der Waals surface area contributed by atoms with Gasteiger partial charge in [-0.15, -0.1) is 0 Å². The van der Waals surface area contributed by atoms with Crippen molar-refractivity contribution >= 4 is 15.9 Å². The van der Waals surface area contributed by atoms with Crippen LogP contribution in [-0.4, -0.2) is 14.8 Å². The van der Waals surface area contributed by atoms with Gasteiger partial charge in [0, 0.05) is 10.0 Å². The molecule has 0 fully saturated rings. The molecule has 1 heterocycles. The fourth-order valence-electron chi connectivity index (χ4n) is 2.90. The van der Waals surface area contributed by atoms with Crippen LogP contribution in [0.4, 0.5) is 4.39 Å². The van der Waals surface area contributed by atoms with Gasteiger partial charge in [0.15, 0.2) is 0 Å². The fourth-order valence-corrected chi connectivity index (χ4v) is 3.16. The van der Waals surface area contributed by atoms with Gasteiger partial charge in [-0.1, -0.05) is 46.3 Å². The summed E-state index contributed by atoms with van der Waals surface area (Å²) in [5, 5.41) is 14.1. The molecule has 0 saturated heterocycles. The average Bonchev–Trinajstić information content (AvgIpc) is 3.13. The minimum absolute atomic E-state index is 0.251. The van der Waals surface area contributed by atoms with Crippen molar-refractivity contribution in [3.8, 4) is 6.07 Å². The van der Waals surface area contributed by atoms with Crippen LogP contribution in [0.25, 0.3) is 0 Å². The Hall–Kier alpha value is -2.52. The van der Waals surface area contributed by atoms with E-state index in [4.69, 9.17) is 0 Å². The monoisotopic (exact) mass is 398 g/mol. The topological polar surface area (TPSA) is 54.5 Å². The molecule has 0 radical (unpaired) electrons. The van der Waals surface area contributed by atoms with Gasteiger partial charge < -0.3 is 0 Å². The summed E-state index contributed by atoms with van der Waals surface area (Å²) in [6, 6.07) is 16.7. The van der Waals surface area contributed by atoms with Crippen LogP contribution in [0.3, 0.4) is 0 Å². The van der Waals surface area contributed by atoms with Crippen LogP contribution in [0.15, 0.2) is 65.7 Å². The second-order valence-corrected chi connectivity index (χ2v) is 6.81. The maximum absolute atomic E-state index is 14.5. The number of hydrogen-bond donors (Lipinski definition) is 0. The standard InChI is InChI=1S/C19H16BrFN4/c20-16-7-5-15(6-8-16)9-10-19(11-22,12-25-14-23-13-24-25)17-3-1-2-4-18(17)21/h1-8,13-14H,9-10,12H2. The van der Waals surface area contributed by atoms with Crippen LogP contribution in [0.1, 0.15) is 17.5 Å². The zero-order valence-electron chi connectivity index (χ0n) is 13.4. The minimum Gasteiger partial charge on any atom is -0.251 e. The predicted octanol–water partition coefficient (Wildman–Crippen LogP) is 4.27. The zero-order chi connectivity index (χ0) is 17.7. The summed E-state index contributed by atoms with van der Waals surface area (Å²) in [5.41, 5.74) is 0.467. The van der Waals surface area contributed by atoms with Gasteiger partial charge in [-0.3, -0.25) is 4.68 Å². The third kappa shape index (κ3) is 3.94. The molecule has 0 aliphatic rings. The van der Waals surface area contributed by atoms with Gasteiger partial charge in [-0.25, -0.2) is 9.37 Å². The molecule has 1 atom stereocenters. The highest BCUT2D eigenvalue weighted by Crippen LogP contribution is 2.33. The summed E-state index contributed by atoms with van der Waals surface area (Å²) >= 11 is 3.42. The Morgan fingerprint density at radius 1 is 1.16 bits per heavy atom. The highest BCUT2D eigenvalue weighted by Gasteiger charge is 2.35. The smallest absolute Gasteiger partial charge is 0.137 e. The molecule has 3 aromatic rings. The first kappa shape index (κ1) is 17.3. The van der Waals surface area contributed by atoms with Gasteiger partial charge in [0.2, 0.25) is 0 Å². The normalized spacial score (nSPS) is 13.2. The first-order valence-corrected chi connectivity index (χ1v) is 8.65. The molecule has 6 heteroatoms. The maximum Gasteiger partial charge on any atom is 0.137 e. The molecule has 0 bridgehead atoms. The van der Waals surface area contributed by atoms with E-state index < -0.39 is 5.41 Å². The van der Waals surface area contributed by atoms with Crippen LogP contribution in [0, 0.1) is 17.1 Å². The Labute approximate surface area is 154 Å². The van der Waals surface area contributed by atoms with Crippen molar-refractivity contribution < 1.29 is 4.39 Å². The number of nitriles is 1. The van der Waals surface area contributed by atoms with Gasteiger partial charge in [0.05, 0.1) is 12.6 Å². The number of rotatable bonds is 6. The lowest BCUT2D eigenvalue weighted by Crippen LogP contribution is -2.32. The number of nitrogens with zero attached hydrogens (tertiary/aromatic N) is 4. The number of halogens is 2. The molecule has 4 nitrogen and oxygen atoms in total. The van der Waals surface area contributed by atoms with Crippen molar-refractivity contribution in [2.24, 2.45) is 0 Å². The lowest BCUT2D eigenvalue weighted by molar-refractivity contribution is 0.387. The number of benzene rings is 2. The summed E-state index contributed by atoms with van der Waals surface area (Å²) in [4.78, 5) is 3.93. The molecule has 0 N–H and O–H groups in total. The third-order valence-electron chi connectivity index (χ3n) is 4.26. The lowest BCUT2D eigenvalue weighted by atomic mass is 9.76. The molecule has 126 valence electrons. The van der Waals surface area contributed by atoms with Crippen LogP contribution in [0.5, 0.6) is 0 Å². The van der Waals surface area contributed by atoms with Crippen molar-refractivity contribution in [1.82, 2.24) is 14.8 Å². The Morgan fingerprint density at radius 2 is 1.92 bits per heavy atom. The van der Waals surface area contributed by atoms with E-state index >= 15 is 0 Å². The maximum atomic E-state index is 14.5. The molecule has 0 saturated carbocycles. The quantitative estimate of drug-likeness (QED) is 0.622. The van der Waals surface area contributed by atoms with Gasteiger partial charge in [-0.2, -0.15) is 10.4 Å². The summed E-state index contributed by atoms with van der Waals surface area (Å²) in [5.74, 6) is -0.375. The van der Waals surface area contributed by atoms with Crippen molar-refractivity contribution in [2.45, 2.75) is 24.8 Å². The van der Waals surface area contributed by atoms with Crippen LogP contribution in [-0.2, 0) is 18.4 Å². The van der Waals surface area contributed by atoms with E-state index in [0.717, 1.165) is 10.0 Å².